The van der Waals surface area contributed by atoms with Crippen molar-refractivity contribution in [3.8, 4) is 11.5 Å². The summed E-state index contributed by atoms with van der Waals surface area (Å²) in [5.41, 5.74) is 9.85. The summed E-state index contributed by atoms with van der Waals surface area (Å²) in [5, 5.41) is 4.03. The van der Waals surface area contributed by atoms with Gasteiger partial charge in [-0.2, -0.15) is 5.10 Å². The molecule has 0 amide bonds. The zero-order chi connectivity index (χ0) is 18.6. The minimum atomic E-state index is 0.122. The Morgan fingerprint density at radius 2 is 1.69 bits per heavy atom. The molecule has 3 N–H and O–H groups in total. The van der Waals surface area contributed by atoms with Crippen LogP contribution < -0.4 is 20.6 Å². The third-order valence-corrected chi connectivity index (χ3v) is 3.32. The van der Waals surface area contributed by atoms with Crippen molar-refractivity contribution in [1.82, 2.24) is 5.43 Å². The van der Waals surface area contributed by atoms with Crippen LogP contribution in [0.25, 0.3) is 0 Å². The fraction of sp³-hybridized carbons (Fsp3) is 0.263. The molecule has 2 rings (SSSR count). The zero-order valence-electron chi connectivity index (χ0n) is 14.7. The van der Waals surface area contributed by atoms with Crippen molar-refractivity contribution in [2.24, 2.45) is 10.8 Å². The van der Waals surface area contributed by atoms with E-state index in [0.29, 0.717) is 26.4 Å². The Kier molecular flexibility index (Phi) is 8.38. The summed E-state index contributed by atoms with van der Waals surface area (Å²) in [6.45, 7) is 3.99. The average Bonchev–Trinajstić information content (AvgIpc) is 2.61. The van der Waals surface area contributed by atoms with Gasteiger partial charge in [0.1, 0.15) is 24.7 Å². The van der Waals surface area contributed by atoms with Gasteiger partial charge < -0.3 is 19.9 Å². The summed E-state index contributed by atoms with van der Waals surface area (Å²) in [4.78, 5) is 0. The molecular weight excluding hydrogens is 350 g/mol. The molecule has 0 aliphatic carbocycles. The molecule has 26 heavy (non-hydrogen) atoms. The topological polar surface area (TPSA) is 78.1 Å². The molecule has 0 atom stereocenters. The van der Waals surface area contributed by atoms with E-state index in [0.717, 1.165) is 17.1 Å². The second kappa shape index (κ2) is 11.1. The summed E-state index contributed by atoms with van der Waals surface area (Å²) >= 11 is 4.68. The Morgan fingerprint density at radius 3 is 2.35 bits per heavy atom. The fourth-order valence-corrected chi connectivity index (χ4v) is 2.15. The fourth-order valence-electron chi connectivity index (χ4n) is 2.10. The third kappa shape index (κ3) is 7.96. The first-order chi connectivity index (χ1) is 12.6. The molecule has 6 nitrogen and oxygen atoms in total. The van der Waals surface area contributed by atoms with Crippen molar-refractivity contribution in [2.75, 3.05) is 26.4 Å². The van der Waals surface area contributed by atoms with Crippen molar-refractivity contribution in [3.63, 3.8) is 0 Å². The van der Waals surface area contributed by atoms with E-state index in [4.69, 9.17) is 19.9 Å². The van der Waals surface area contributed by atoms with Gasteiger partial charge in [-0.15, -0.1) is 0 Å². The molecule has 0 spiro atoms. The Bertz CT molecular complexity index is 737. The first-order valence-electron chi connectivity index (χ1n) is 8.22. The predicted molar refractivity (Wildman–Crippen MR) is 107 cm³/mol. The molecule has 0 aromatic heterocycles. The number of hydrogen-bond donors (Lipinski definition) is 2. The molecule has 2 aromatic rings. The lowest BCUT2D eigenvalue weighted by Gasteiger charge is -2.09. The summed E-state index contributed by atoms with van der Waals surface area (Å²) in [6.07, 6.45) is 1.62. The van der Waals surface area contributed by atoms with E-state index in [2.05, 4.69) is 22.7 Å². The predicted octanol–water partition coefficient (Wildman–Crippen LogP) is 2.64. The van der Waals surface area contributed by atoms with E-state index in [-0.39, 0.29) is 5.11 Å². The van der Waals surface area contributed by atoms with Crippen molar-refractivity contribution in [2.45, 2.75) is 6.92 Å². The van der Waals surface area contributed by atoms with Gasteiger partial charge >= 0.3 is 0 Å². The second-order valence-corrected chi connectivity index (χ2v) is 5.87. The number of thiocarbonyl (C=S) groups is 1. The van der Waals surface area contributed by atoms with Crippen LogP contribution in [0.1, 0.15) is 11.1 Å². The molecule has 0 aliphatic heterocycles. The van der Waals surface area contributed by atoms with E-state index < -0.39 is 0 Å². The van der Waals surface area contributed by atoms with Crippen molar-refractivity contribution >= 4 is 23.5 Å². The van der Waals surface area contributed by atoms with Crippen LogP contribution in [0.3, 0.4) is 0 Å². The maximum Gasteiger partial charge on any atom is 0.184 e. The first kappa shape index (κ1) is 19.7. The highest BCUT2D eigenvalue weighted by molar-refractivity contribution is 7.80. The van der Waals surface area contributed by atoms with Crippen LogP contribution in [-0.2, 0) is 4.74 Å². The van der Waals surface area contributed by atoms with Crippen LogP contribution in [0.2, 0.25) is 0 Å². The molecule has 0 aliphatic rings. The highest BCUT2D eigenvalue weighted by atomic mass is 32.1. The Balaban J connectivity index is 1.61. The minimum absolute atomic E-state index is 0.122. The molecule has 0 saturated carbocycles. The number of ether oxygens (including phenoxy) is 3. The Hall–Kier alpha value is -2.64. The van der Waals surface area contributed by atoms with Crippen molar-refractivity contribution in [3.05, 3.63) is 59.7 Å². The van der Waals surface area contributed by atoms with E-state index >= 15 is 0 Å². The Morgan fingerprint density at radius 1 is 1.04 bits per heavy atom. The molecule has 7 heteroatoms. The van der Waals surface area contributed by atoms with E-state index in [9.17, 15) is 0 Å². The molecule has 0 saturated heterocycles. The quantitative estimate of drug-likeness (QED) is 0.289. The van der Waals surface area contributed by atoms with Crippen molar-refractivity contribution < 1.29 is 14.2 Å². The maximum absolute atomic E-state index is 5.66. The normalized spacial score (nSPS) is 10.7. The number of benzene rings is 2. The van der Waals surface area contributed by atoms with Gasteiger partial charge in [0.25, 0.3) is 0 Å². The smallest absolute Gasteiger partial charge is 0.184 e. The van der Waals surface area contributed by atoms with Gasteiger partial charge in [0.15, 0.2) is 5.11 Å². The number of aryl methyl sites for hydroxylation is 1. The maximum atomic E-state index is 5.66. The lowest BCUT2D eigenvalue weighted by atomic mass is 10.2. The summed E-state index contributed by atoms with van der Waals surface area (Å²) in [5.74, 6) is 1.59. The van der Waals surface area contributed by atoms with Gasteiger partial charge in [0.05, 0.1) is 19.4 Å². The van der Waals surface area contributed by atoms with Crippen LogP contribution in [0.4, 0.5) is 0 Å². The number of hydrogen-bond acceptors (Lipinski definition) is 5. The van der Waals surface area contributed by atoms with Crippen LogP contribution in [0.5, 0.6) is 11.5 Å². The molecular formula is C19H23N3O3S. The number of hydrazone groups is 1. The van der Waals surface area contributed by atoms with Crippen molar-refractivity contribution in [1.29, 1.82) is 0 Å². The Labute approximate surface area is 158 Å². The number of nitrogens with two attached hydrogens (primary N) is 1. The molecule has 0 unspecified atom stereocenters. The largest absolute Gasteiger partial charge is 0.491 e. The highest BCUT2D eigenvalue weighted by Crippen LogP contribution is 2.13. The van der Waals surface area contributed by atoms with Gasteiger partial charge in [-0.05, 0) is 54.5 Å². The third-order valence-electron chi connectivity index (χ3n) is 3.23. The van der Waals surface area contributed by atoms with Crippen LogP contribution in [0.15, 0.2) is 53.6 Å². The first-order valence-corrected chi connectivity index (χ1v) is 8.63. The van der Waals surface area contributed by atoms with E-state index in [1.54, 1.807) is 6.21 Å². The lowest BCUT2D eigenvalue weighted by Crippen LogP contribution is -2.23. The van der Waals surface area contributed by atoms with Gasteiger partial charge in [0.2, 0.25) is 0 Å². The van der Waals surface area contributed by atoms with Crippen LogP contribution in [-0.4, -0.2) is 37.8 Å². The number of nitrogens with zero attached hydrogens (tertiary/aromatic N) is 1. The van der Waals surface area contributed by atoms with Gasteiger partial charge in [-0.3, -0.25) is 5.43 Å². The molecule has 0 heterocycles. The van der Waals surface area contributed by atoms with Gasteiger partial charge in [0, 0.05) is 0 Å². The van der Waals surface area contributed by atoms with Crippen LogP contribution in [0, 0.1) is 6.92 Å². The molecule has 138 valence electrons. The summed E-state index contributed by atoms with van der Waals surface area (Å²) in [6, 6.07) is 15.5. The number of rotatable bonds is 10. The minimum Gasteiger partial charge on any atom is -0.491 e. The van der Waals surface area contributed by atoms with Gasteiger partial charge in [-0.25, -0.2) is 0 Å². The molecule has 0 radical (unpaired) electrons. The second-order valence-electron chi connectivity index (χ2n) is 5.43. The van der Waals surface area contributed by atoms with E-state index in [1.165, 1.54) is 5.56 Å². The van der Waals surface area contributed by atoms with Gasteiger partial charge in [-0.1, -0.05) is 24.3 Å². The lowest BCUT2D eigenvalue weighted by molar-refractivity contribution is 0.0764. The molecule has 0 fully saturated rings. The zero-order valence-corrected chi connectivity index (χ0v) is 15.5. The molecule has 0 bridgehead atoms. The average molecular weight is 373 g/mol. The monoisotopic (exact) mass is 373 g/mol. The SMILES string of the molecule is Cc1cccc(OCCOCCOc2cccc(/C=N/NC(N)=S)c2)c1. The highest BCUT2D eigenvalue weighted by Gasteiger charge is 1.97. The van der Waals surface area contributed by atoms with E-state index in [1.807, 2.05) is 55.5 Å². The summed E-state index contributed by atoms with van der Waals surface area (Å²) in [7, 11) is 0. The van der Waals surface area contributed by atoms with Crippen LogP contribution >= 0.6 is 12.2 Å². The standard InChI is InChI=1S/C19H23N3O3S/c1-15-4-2-6-17(12-15)24-10-8-23-9-11-25-18-7-3-5-16(13-18)14-21-22-19(20)26/h2-7,12-14H,8-11H2,1H3,(H3,20,22,26)/b21-14+. The number of nitrogens with one attached hydrogen (secondary N) is 1. The molecule has 2 aromatic carbocycles. The summed E-state index contributed by atoms with van der Waals surface area (Å²) < 4.78 is 16.8.